The van der Waals surface area contributed by atoms with Gasteiger partial charge in [-0.15, -0.1) is 0 Å². The Bertz CT molecular complexity index is 454. The van der Waals surface area contributed by atoms with Crippen molar-refractivity contribution in [3.05, 3.63) is 35.1 Å². The largest absolute Gasteiger partial charge is 0.419 e. The predicted octanol–water partition coefficient (Wildman–Crippen LogP) is 2.77. The fourth-order valence-corrected chi connectivity index (χ4v) is 1.40. The Labute approximate surface area is 102 Å². The zero-order valence-corrected chi connectivity index (χ0v) is 9.06. The maximum absolute atomic E-state index is 13.5. The molecular weight excluding hydrogens is 283 g/mol. The summed E-state index contributed by atoms with van der Waals surface area (Å²) in [6, 6.07) is -0.609. The van der Waals surface area contributed by atoms with Crippen LogP contribution < -0.4 is 5.73 Å². The molecule has 0 fully saturated rings. The molecule has 0 aromatic heterocycles. The average molecular weight is 291 g/mol. The summed E-state index contributed by atoms with van der Waals surface area (Å²) in [4.78, 5) is 0. The van der Waals surface area contributed by atoms with E-state index >= 15 is 0 Å². The number of aliphatic hydroxyl groups excluding tert-OH is 1. The highest BCUT2D eigenvalue weighted by Gasteiger charge is 2.44. The minimum atomic E-state index is -5.17. The molecule has 3 N–H and O–H groups in total. The Morgan fingerprint density at radius 1 is 1.05 bits per heavy atom. The first-order chi connectivity index (χ1) is 8.46. The van der Waals surface area contributed by atoms with Gasteiger partial charge in [-0.3, -0.25) is 0 Å². The van der Waals surface area contributed by atoms with E-state index in [1.807, 2.05) is 0 Å². The smallest absolute Gasteiger partial charge is 0.382 e. The Morgan fingerprint density at radius 2 is 1.58 bits per heavy atom. The van der Waals surface area contributed by atoms with Crippen molar-refractivity contribution in [1.82, 2.24) is 0 Å². The van der Waals surface area contributed by atoms with Crippen LogP contribution in [0.25, 0.3) is 0 Å². The third kappa shape index (κ3) is 3.35. The number of nitrogens with two attached hydrogens (primary N) is 1. The summed E-state index contributed by atoms with van der Waals surface area (Å²) in [6.45, 7) is 0. The van der Waals surface area contributed by atoms with E-state index in [0.717, 1.165) is 0 Å². The van der Waals surface area contributed by atoms with Crippen LogP contribution in [0.2, 0.25) is 0 Å². The van der Waals surface area contributed by atoms with E-state index in [-0.39, 0.29) is 0 Å². The molecule has 0 saturated heterocycles. The van der Waals surface area contributed by atoms with Gasteiger partial charge in [-0.1, -0.05) is 12.1 Å². The van der Waals surface area contributed by atoms with Crippen molar-refractivity contribution < 1.29 is 35.8 Å². The molecule has 9 heteroatoms. The number of benzene rings is 1. The summed E-state index contributed by atoms with van der Waals surface area (Å²) in [7, 11) is 0. The first-order valence-corrected chi connectivity index (χ1v) is 4.82. The SMILES string of the molecule is N[C@@H](c1cccc(C(F)(F)F)c1F)[C@H](O)C(F)(F)F. The van der Waals surface area contributed by atoms with Crippen molar-refractivity contribution >= 4 is 0 Å². The van der Waals surface area contributed by atoms with Crippen LogP contribution in [-0.2, 0) is 6.18 Å². The zero-order valence-electron chi connectivity index (χ0n) is 9.06. The summed E-state index contributed by atoms with van der Waals surface area (Å²) in [5, 5.41) is 8.83. The second kappa shape index (κ2) is 4.97. The van der Waals surface area contributed by atoms with Crippen LogP contribution in [0.1, 0.15) is 17.2 Å². The summed E-state index contributed by atoms with van der Waals surface area (Å²) in [5.41, 5.74) is 2.16. The topological polar surface area (TPSA) is 46.2 Å². The average Bonchev–Trinajstić information content (AvgIpc) is 2.24. The van der Waals surface area contributed by atoms with Crippen LogP contribution in [0.3, 0.4) is 0 Å². The first kappa shape index (κ1) is 15.7. The van der Waals surface area contributed by atoms with Crippen LogP contribution in [-0.4, -0.2) is 17.4 Å². The number of hydrogen-bond donors (Lipinski definition) is 2. The monoisotopic (exact) mass is 291 g/mol. The molecule has 0 bridgehead atoms. The van der Waals surface area contributed by atoms with Crippen molar-refractivity contribution in [3.63, 3.8) is 0 Å². The molecule has 108 valence electrons. The molecule has 0 amide bonds. The van der Waals surface area contributed by atoms with E-state index < -0.39 is 41.4 Å². The highest BCUT2D eigenvalue weighted by molar-refractivity contribution is 5.31. The van der Waals surface area contributed by atoms with Gasteiger partial charge in [-0.25, -0.2) is 4.39 Å². The second-order valence-corrected chi connectivity index (χ2v) is 3.72. The third-order valence-electron chi connectivity index (χ3n) is 2.37. The molecule has 2 atom stereocenters. The van der Waals surface area contributed by atoms with Gasteiger partial charge >= 0.3 is 12.4 Å². The minimum Gasteiger partial charge on any atom is -0.382 e. The van der Waals surface area contributed by atoms with Crippen LogP contribution >= 0.6 is 0 Å². The lowest BCUT2D eigenvalue weighted by atomic mass is 9.98. The molecule has 2 nitrogen and oxygen atoms in total. The Balaban J connectivity index is 3.23. The maximum Gasteiger partial charge on any atom is 0.419 e. The predicted molar refractivity (Wildman–Crippen MR) is 50.4 cm³/mol. The highest BCUT2D eigenvalue weighted by atomic mass is 19.4. The molecule has 0 unspecified atom stereocenters. The molecule has 0 aliphatic heterocycles. The van der Waals surface area contributed by atoms with Crippen molar-refractivity contribution in [2.75, 3.05) is 0 Å². The van der Waals surface area contributed by atoms with E-state index in [4.69, 9.17) is 10.8 Å². The summed E-state index contributed by atoms with van der Waals surface area (Å²) in [6.07, 6.45) is -13.4. The van der Waals surface area contributed by atoms with Crippen LogP contribution in [0.5, 0.6) is 0 Å². The van der Waals surface area contributed by atoms with Crippen molar-refractivity contribution in [2.45, 2.75) is 24.5 Å². The number of rotatable bonds is 2. The molecular formula is C10H8F7NO. The fraction of sp³-hybridized carbons (Fsp3) is 0.400. The maximum atomic E-state index is 13.5. The number of aliphatic hydroxyl groups is 1. The van der Waals surface area contributed by atoms with Gasteiger partial charge in [0.15, 0.2) is 6.10 Å². The standard InChI is InChI=1S/C10H8F7NO/c11-6-4(7(18)8(19)10(15,16)17)2-1-3-5(6)9(12,13)14/h1-3,7-8,19H,18H2/t7-,8-/m0/s1. The quantitative estimate of drug-likeness (QED) is 0.823. The van der Waals surface area contributed by atoms with Gasteiger partial charge in [-0.2, -0.15) is 26.3 Å². The second-order valence-electron chi connectivity index (χ2n) is 3.72. The fourth-order valence-electron chi connectivity index (χ4n) is 1.40. The summed E-state index contributed by atoms with van der Waals surface area (Å²) >= 11 is 0. The van der Waals surface area contributed by atoms with Gasteiger partial charge in [0.2, 0.25) is 0 Å². The van der Waals surface area contributed by atoms with Gasteiger partial charge in [0.1, 0.15) is 5.82 Å². The van der Waals surface area contributed by atoms with E-state index in [1.165, 1.54) is 0 Å². The normalized spacial score (nSPS) is 16.3. The van der Waals surface area contributed by atoms with E-state index in [0.29, 0.717) is 18.2 Å². The van der Waals surface area contributed by atoms with Gasteiger partial charge in [0.05, 0.1) is 11.6 Å². The molecule has 1 aromatic rings. The molecule has 0 spiro atoms. The molecule has 0 aliphatic carbocycles. The molecule has 0 saturated carbocycles. The Hall–Kier alpha value is -1.35. The van der Waals surface area contributed by atoms with Crippen LogP contribution in [0.4, 0.5) is 30.7 Å². The molecule has 0 aliphatic rings. The molecule has 1 aromatic carbocycles. The van der Waals surface area contributed by atoms with Gasteiger partial charge in [0.25, 0.3) is 0 Å². The highest BCUT2D eigenvalue weighted by Crippen LogP contribution is 2.36. The van der Waals surface area contributed by atoms with Gasteiger partial charge in [-0.05, 0) is 6.07 Å². The first-order valence-electron chi connectivity index (χ1n) is 4.82. The third-order valence-corrected chi connectivity index (χ3v) is 2.37. The van der Waals surface area contributed by atoms with Crippen LogP contribution in [0, 0.1) is 5.82 Å². The number of hydrogen-bond acceptors (Lipinski definition) is 2. The number of alkyl halides is 6. The molecule has 19 heavy (non-hydrogen) atoms. The van der Waals surface area contributed by atoms with Gasteiger partial charge in [0, 0.05) is 5.56 Å². The Morgan fingerprint density at radius 3 is 2.00 bits per heavy atom. The van der Waals surface area contributed by atoms with Gasteiger partial charge < -0.3 is 10.8 Å². The minimum absolute atomic E-state index is 0.367. The van der Waals surface area contributed by atoms with Crippen molar-refractivity contribution in [2.24, 2.45) is 5.73 Å². The molecule has 0 heterocycles. The van der Waals surface area contributed by atoms with Crippen molar-refractivity contribution in [1.29, 1.82) is 0 Å². The molecule has 1 rings (SSSR count). The van der Waals surface area contributed by atoms with Crippen LogP contribution in [0.15, 0.2) is 18.2 Å². The number of halogens is 7. The lowest BCUT2D eigenvalue weighted by Gasteiger charge is -2.23. The summed E-state index contributed by atoms with van der Waals surface area (Å²) in [5.74, 6) is -1.93. The van der Waals surface area contributed by atoms with E-state index in [2.05, 4.69) is 0 Å². The molecule has 0 radical (unpaired) electrons. The lowest BCUT2D eigenvalue weighted by Crippen LogP contribution is -2.39. The van der Waals surface area contributed by atoms with E-state index in [9.17, 15) is 30.7 Å². The van der Waals surface area contributed by atoms with Crippen molar-refractivity contribution in [3.8, 4) is 0 Å². The Kier molecular flexibility index (Phi) is 4.11. The lowest BCUT2D eigenvalue weighted by molar-refractivity contribution is -0.210. The van der Waals surface area contributed by atoms with E-state index in [1.54, 1.807) is 0 Å². The zero-order chi connectivity index (χ0) is 15.0. The summed E-state index contributed by atoms with van der Waals surface area (Å²) < 4.78 is 87.1.